The van der Waals surface area contributed by atoms with Gasteiger partial charge in [-0.15, -0.1) is 0 Å². The first-order chi connectivity index (χ1) is 8.20. The Labute approximate surface area is 109 Å². The summed E-state index contributed by atoms with van der Waals surface area (Å²) in [6.07, 6.45) is 7.23. The molecule has 1 rings (SSSR count). The van der Waals surface area contributed by atoms with E-state index in [1.165, 1.54) is 19.3 Å². The minimum absolute atomic E-state index is 0.596. The first-order valence-corrected chi connectivity index (χ1v) is 6.79. The van der Waals surface area contributed by atoms with Gasteiger partial charge in [0.05, 0.1) is 0 Å². The molecule has 1 aromatic heterocycles. The largest absolute Gasteiger partial charge is 0.359 e. The van der Waals surface area contributed by atoms with Gasteiger partial charge in [0.2, 0.25) is 0 Å². The van der Waals surface area contributed by atoms with Crippen LogP contribution in [0.4, 0.5) is 5.82 Å². The molecular formula is C13H22ClN3. The Morgan fingerprint density at radius 1 is 1.18 bits per heavy atom. The minimum Gasteiger partial charge on any atom is -0.359 e. The van der Waals surface area contributed by atoms with E-state index in [2.05, 4.69) is 35.8 Å². The Hall–Kier alpha value is -0.830. The number of rotatable bonds is 7. The highest BCUT2D eigenvalue weighted by molar-refractivity contribution is 6.30. The average Bonchev–Trinajstić information content (AvgIpc) is 2.32. The second-order valence-electron chi connectivity index (χ2n) is 4.35. The van der Waals surface area contributed by atoms with Crippen molar-refractivity contribution in [1.29, 1.82) is 0 Å². The highest BCUT2D eigenvalue weighted by Crippen LogP contribution is 2.24. The van der Waals surface area contributed by atoms with Gasteiger partial charge in [-0.2, -0.15) is 0 Å². The van der Waals surface area contributed by atoms with Crippen LogP contribution in [0.1, 0.15) is 45.1 Å². The predicted octanol–water partition coefficient (Wildman–Crippen LogP) is 3.71. The Balaban J connectivity index is 2.77. The molecular weight excluding hydrogens is 234 g/mol. The third-order valence-corrected chi connectivity index (χ3v) is 3.15. The van der Waals surface area contributed by atoms with Crippen molar-refractivity contribution in [2.75, 3.05) is 18.5 Å². The van der Waals surface area contributed by atoms with Crippen LogP contribution in [-0.2, 0) is 6.42 Å². The van der Waals surface area contributed by atoms with Crippen LogP contribution in [0.2, 0.25) is 5.15 Å². The third kappa shape index (κ3) is 4.15. The van der Waals surface area contributed by atoms with Crippen LogP contribution in [0.5, 0.6) is 0 Å². The Morgan fingerprint density at radius 2 is 1.94 bits per heavy atom. The smallest absolute Gasteiger partial charge is 0.137 e. The van der Waals surface area contributed by atoms with Crippen LogP contribution in [0.3, 0.4) is 0 Å². The molecule has 0 atom stereocenters. The van der Waals surface area contributed by atoms with Gasteiger partial charge in [0.15, 0.2) is 0 Å². The highest BCUT2D eigenvalue weighted by atomic mass is 35.5. The van der Waals surface area contributed by atoms with E-state index in [9.17, 15) is 0 Å². The van der Waals surface area contributed by atoms with Crippen molar-refractivity contribution >= 4 is 17.4 Å². The van der Waals surface area contributed by atoms with Crippen molar-refractivity contribution in [3.63, 3.8) is 0 Å². The first kappa shape index (κ1) is 14.2. The molecule has 0 aliphatic heterocycles. The molecule has 0 aliphatic carbocycles. The summed E-state index contributed by atoms with van der Waals surface area (Å²) in [6.45, 7) is 5.38. The van der Waals surface area contributed by atoms with Gasteiger partial charge < -0.3 is 4.90 Å². The molecule has 0 radical (unpaired) electrons. The van der Waals surface area contributed by atoms with E-state index in [1.807, 2.05) is 0 Å². The number of hydrogen-bond acceptors (Lipinski definition) is 3. The molecule has 0 spiro atoms. The molecule has 3 nitrogen and oxygen atoms in total. The van der Waals surface area contributed by atoms with Gasteiger partial charge in [-0.05, 0) is 12.8 Å². The lowest BCUT2D eigenvalue weighted by molar-refractivity contribution is 0.697. The maximum absolute atomic E-state index is 6.14. The summed E-state index contributed by atoms with van der Waals surface area (Å²) < 4.78 is 0. The van der Waals surface area contributed by atoms with Crippen molar-refractivity contribution in [2.45, 2.75) is 46.0 Å². The fraction of sp³-hybridized carbons (Fsp3) is 0.692. The summed E-state index contributed by atoms with van der Waals surface area (Å²) in [7, 11) is 2.08. The van der Waals surface area contributed by atoms with E-state index in [0.717, 1.165) is 30.8 Å². The number of unbranched alkanes of at least 4 members (excludes halogenated alkanes) is 2. The van der Waals surface area contributed by atoms with Crippen molar-refractivity contribution in [2.24, 2.45) is 0 Å². The fourth-order valence-corrected chi connectivity index (χ4v) is 2.10. The summed E-state index contributed by atoms with van der Waals surface area (Å²) in [5, 5.41) is 0.596. The standard InChI is InChI=1S/C13H22ClN3/c1-4-6-7-9-17(3)13-11(8-5-2)12(14)15-10-16-13/h10H,4-9H2,1-3H3. The molecule has 0 saturated heterocycles. The number of anilines is 1. The van der Waals surface area contributed by atoms with Gasteiger partial charge in [0.25, 0.3) is 0 Å². The first-order valence-electron chi connectivity index (χ1n) is 6.41. The van der Waals surface area contributed by atoms with Crippen molar-refractivity contribution in [3.05, 3.63) is 17.0 Å². The van der Waals surface area contributed by atoms with Gasteiger partial charge in [-0.1, -0.05) is 44.7 Å². The number of aromatic nitrogens is 2. The molecule has 0 aliphatic rings. The summed E-state index contributed by atoms with van der Waals surface area (Å²) >= 11 is 6.14. The second-order valence-corrected chi connectivity index (χ2v) is 4.70. The molecule has 0 bridgehead atoms. The topological polar surface area (TPSA) is 29.0 Å². The SMILES string of the molecule is CCCCCN(C)c1ncnc(Cl)c1CCC. The average molecular weight is 256 g/mol. The molecule has 1 heterocycles. The van der Waals surface area contributed by atoms with Gasteiger partial charge in [0, 0.05) is 19.2 Å². The molecule has 96 valence electrons. The van der Waals surface area contributed by atoms with Crippen LogP contribution >= 0.6 is 11.6 Å². The van der Waals surface area contributed by atoms with Gasteiger partial charge in [-0.25, -0.2) is 9.97 Å². The van der Waals surface area contributed by atoms with E-state index in [0.29, 0.717) is 5.15 Å². The van der Waals surface area contributed by atoms with Gasteiger partial charge in [0.1, 0.15) is 17.3 Å². The van der Waals surface area contributed by atoms with E-state index in [-0.39, 0.29) is 0 Å². The molecule has 0 unspecified atom stereocenters. The molecule has 0 amide bonds. The summed E-state index contributed by atoms with van der Waals surface area (Å²) in [5.41, 5.74) is 1.08. The molecule has 0 fully saturated rings. The predicted molar refractivity (Wildman–Crippen MR) is 73.8 cm³/mol. The maximum Gasteiger partial charge on any atom is 0.137 e. The number of halogens is 1. The zero-order valence-electron chi connectivity index (χ0n) is 11.0. The lowest BCUT2D eigenvalue weighted by atomic mass is 10.1. The lowest BCUT2D eigenvalue weighted by Gasteiger charge is -2.21. The van der Waals surface area contributed by atoms with Crippen molar-refractivity contribution in [3.8, 4) is 0 Å². The normalized spacial score (nSPS) is 10.6. The molecule has 1 aromatic rings. The zero-order valence-corrected chi connectivity index (χ0v) is 11.8. The fourth-order valence-electron chi connectivity index (χ4n) is 1.88. The van der Waals surface area contributed by atoms with Crippen LogP contribution in [-0.4, -0.2) is 23.6 Å². The van der Waals surface area contributed by atoms with Crippen molar-refractivity contribution in [1.82, 2.24) is 9.97 Å². The lowest BCUT2D eigenvalue weighted by Crippen LogP contribution is -2.21. The quantitative estimate of drug-likeness (QED) is 0.549. The van der Waals surface area contributed by atoms with Crippen LogP contribution in [0.15, 0.2) is 6.33 Å². The van der Waals surface area contributed by atoms with E-state index in [1.54, 1.807) is 6.33 Å². The van der Waals surface area contributed by atoms with Crippen LogP contribution < -0.4 is 4.90 Å². The Kier molecular flexibility index (Phi) is 6.27. The maximum atomic E-state index is 6.14. The second kappa shape index (κ2) is 7.49. The molecule has 17 heavy (non-hydrogen) atoms. The van der Waals surface area contributed by atoms with E-state index < -0.39 is 0 Å². The molecule has 4 heteroatoms. The zero-order chi connectivity index (χ0) is 12.7. The summed E-state index contributed by atoms with van der Waals surface area (Å²) in [6, 6.07) is 0. The summed E-state index contributed by atoms with van der Waals surface area (Å²) in [4.78, 5) is 10.6. The third-order valence-electron chi connectivity index (χ3n) is 2.83. The van der Waals surface area contributed by atoms with Gasteiger partial charge in [-0.3, -0.25) is 0 Å². The van der Waals surface area contributed by atoms with Crippen LogP contribution in [0.25, 0.3) is 0 Å². The van der Waals surface area contributed by atoms with Crippen LogP contribution in [0, 0.1) is 0 Å². The Morgan fingerprint density at radius 3 is 2.59 bits per heavy atom. The molecule has 0 aromatic carbocycles. The highest BCUT2D eigenvalue weighted by Gasteiger charge is 2.12. The molecule has 0 N–H and O–H groups in total. The minimum atomic E-state index is 0.596. The monoisotopic (exact) mass is 255 g/mol. The summed E-state index contributed by atoms with van der Waals surface area (Å²) in [5.74, 6) is 0.989. The van der Waals surface area contributed by atoms with E-state index in [4.69, 9.17) is 11.6 Å². The number of nitrogens with zero attached hydrogens (tertiary/aromatic N) is 3. The van der Waals surface area contributed by atoms with Gasteiger partial charge >= 0.3 is 0 Å². The number of hydrogen-bond donors (Lipinski definition) is 0. The van der Waals surface area contributed by atoms with Crippen molar-refractivity contribution < 1.29 is 0 Å². The van der Waals surface area contributed by atoms with E-state index >= 15 is 0 Å². The Bertz CT molecular complexity index is 341. The molecule has 0 saturated carbocycles.